The van der Waals surface area contributed by atoms with Gasteiger partial charge in [-0.25, -0.2) is 0 Å². The number of pyridine rings is 1. The number of nitrogens with zero attached hydrogens (tertiary/aromatic N) is 1. The van der Waals surface area contributed by atoms with E-state index in [1.165, 1.54) is 12.4 Å². The lowest BCUT2D eigenvalue weighted by atomic mass is 10.2. The Morgan fingerprint density at radius 3 is 3.06 bits per heavy atom. The number of hydrogen-bond acceptors (Lipinski definition) is 6. The number of carbonyl (C=O) groups is 1. The summed E-state index contributed by atoms with van der Waals surface area (Å²) in [6, 6.07) is 1.56. The van der Waals surface area contributed by atoms with Gasteiger partial charge in [-0.1, -0.05) is 11.3 Å². The Labute approximate surface area is 106 Å². The summed E-state index contributed by atoms with van der Waals surface area (Å²) < 4.78 is 0. The van der Waals surface area contributed by atoms with Gasteiger partial charge in [0.2, 0.25) is 0 Å². The molecule has 0 atom stereocenters. The molecule has 0 unspecified atom stereocenters. The summed E-state index contributed by atoms with van der Waals surface area (Å²) in [5.41, 5.74) is 3.89. The Hall–Kier alpha value is -2.19. The van der Waals surface area contributed by atoms with Gasteiger partial charge in [-0.15, -0.1) is 0 Å². The molecule has 0 saturated carbocycles. The molecule has 0 saturated heterocycles. The number of carbonyl (C=O) groups excluding carboxylic acids is 1. The topological polar surface area (TPSA) is 113 Å². The molecule has 1 amide bonds. The Morgan fingerprint density at radius 2 is 2.39 bits per heavy atom. The van der Waals surface area contributed by atoms with E-state index in [1.807, 2.05) is 0 Å². The van der Waals surface area contributed by atoms with Crippen LogP contribution in [0.4, 0.5) is 5.69 Å². The van der Waals surface area contributed by atoms with Gasteiger partial charge in [0.05, 0.1) is 24.0 Å². The first-order chi connectivity index (χ1) is 8.70. The minimum atomic E-state index is -0.294. The second-order valence-electron chi connectivity index (χ2n) is 3.42. The monoisotopic (exact) mass is 265 g/mol. The maximum Gasteiger partial charge on any atom is 0.304 e. The Morgan fingerprint density at radius 1 is 1.56 bits per heavy atom. The third-order valence-electron chi connectivity index (χ3n) is 2.23. The number of nitrogens with two attached hydrogens (primary N) is 1. The number of amides is 1. The predicted molar refractivity (Wildman–Crippen MR) is 68.2 cm³/mol. The zero-order chi connectivity index (χ0) is 13.0. The minimum absolute atomic E-state index is 0.146. The van der Waals surface area contributed by atoms with Crippen LogP contribution < -0.4 is 21.5 Å². The van der Waals surface area contributed by atoms with Crippen LogP contribution in [0.5, 0.6) is 0 Å². The van der Waals surface area contributed by atoms with Gasteiger partial charge in [0, 0.05) is 17.3 Å². The van der Waals surface area contributed by atoms with Gasteiger partial charge < -0.3 is 15.7 Å². The van der Waals surface area contributed by atoms with Crippen LogP contribution in [-0.2, 0) is 6.54 Å². The van der Waals surface area contributed by atoms with Crippen molar-refractivity contribution in [1.29, 1.82) is 0 Å². The van der Waals surface area contributed by atoms with E-state index in [-0.39, 0.29) is 17.3 Å². The van der Waals surface area contributed by atoms with Crippen LogP contribution in [0.15, 0.2) is 28.6 Å². The van der Waals surface area contributed by atoms with Crippen LogP contribution in [0.2, 0.25) is 0 Å². The normalized spacial score (nSPS) is 10.1. The lowest BCUT2D eigenvalue weighted by Crippen LogP contribution is -2.25. The maximum absolute atomic E-state index is 11.9. The van der Waals surface area contributed by atoms with Gasteiger partial charge in [0.1, 0.15) is 0 Å². The van der Waals surface area contributed by atoms with Gasteiger partial charge in [-0.2, -0.15) is 0 Å². The van der Waals surface area contributed by atoms with E-state index >= 15 is 0 Å². The molecular formula is C10H11N5O2S. The average Bonchev–Trinajstić information content (AvgIpc) is 2.81. The summed E-state index contributed by atoms with van der Waals surface area (Å²) in [4.78, 5) is 29.1. The summed E-state index contributed by atoms with van der Waals surface area (Å²) in [5, 5.41) is 4.34. The minimum Gasteiger partial charge on any atom is -0.346 e. The number of rotatable bonds is 4. The molecule has 0 spiro atoms. The zero-order valence-electron chi connectivity index (χ0n) is 9.27. The van der Waals surface area contributed by atoms with Gasteiger partial charge in [-0.05, 0) is 6.07 Å². The molecule has 2 aromatic heterocycles. The van der Waals surface area contributed by atoms with Crippen molar-refractivity contribution in [2.45, 2.75) is 6.54 Å². The first-order valence-corrected chi connectivity index (χ1v) is 5.94. The second-order valence-corrected chi connectivity index (χ2v) is 4.26. The number of hydrogen-bond donors (Lipinski definition) is 4. The largest absolute Gasteiger partial charge is 0.346 e. The van der Waals surface area contributed by atoms with Crippen LogP contribution >= 0.6 is 11.3 Å². The molecule has 0 aliphatic rings. The van der Waals surface area contributed by atoms with Crippen molar-refractivity contribution in [1.82, 2.24) is 15.3 Å². The highest BCUT2D eigenvalue weighted by atomic mass is 32.1. The van der Waals surface area contributed by atoms with Gasteiger partial charge in [0.15, 0.2) is 0 Å². The number of nitrogens with one attached hydrogen (secondary N) is 3. The molecule has 2 rings (SSSR count). The molecule has 8 heteroatoms. The van der Waals surface area contributed by atoms with E-state index < -0.39 is 0 Å². The SMILES string of the molecule is NNc1cnccc1C(=O)NCc1csc(=O)[nH]1. The summed E-state index contributed by atoms with van der Waals surface area (Å²) in [7, 11) is 0. The molecule has 2 heterocycles. The quantitative estimate of drug-likeness (QED) is 0.461. The Kier molecular flexibility index (Phi) is 3.70. The standard InChI is InChI=1S/C10H11N5O2S/c11-15-8-4-12-2-1-7(8)9(16)13-3-6-5-18-10(17)14-6/h1-2,4-5,15H,3,11H2,(H,13,16)(H,14,17). The van der Waals surface area contributed by atoms with E-state index in [0.29, 0.717) is 16.9 Å². The Bertz CT molecular complexity index is 606. The zero-order valence-corrected chi connectivity index (χ0v) is 10.1. The third kappa shape index (κ3) is 2.73. The van der Waals surface area contributed by atoms with Crippen molar-refractivity contribution >= 4 is 22.9 Å². The fourth-order valence-corrected chi connectivity index (χ4v) is 1.96. The third-order valence-corrected chi connectivity index (χ3v) is 2.95. The average molecular weight is 265 g/mol. The van der Waals surface area contributed by atoms with E-state index in [0.717, 1.165) is 11.3 Å². The summed E-state index contributed by atoms with van der Waals surface area (Å²) in [6.45, 7) is 0.254. The first kappa shape index (κ1) is 12.3. The van der Waals surface area contributed by atoms with E-state index in [9.17, 15) is 9.59 Å². The molecule has 0 aliphatic heterocycles. The molecule has 0 radical (unpaired) electrons. The Balaban J connectivity index is 2.05. The van der Waals surface area contributed by atoms with Crippen molar-refractivity contribution in [3.05, 3.63) is 44.8 Å². The van der Waals surface area contributed by atoms with Gasteiger partial charge in [-0.3, -0.25) is 20.4 Å². The van der Waals surface area contributed by atoms with Gasteiger partial charge in [0.25, 0.3) is 5.91 Å². The van der Waals surface area contributed by atoms with Crippen LogP contribution in [0.1, 0.15) is 16.1 Å². The van der Waals surface area contributed by atoms with E-state index in [1.54, 1.807) is 11.4 Å². The summed E-state index contributed by atoms with van der Waals surface area (Å²) >= 11 is 1.05. The number of aromatic amines is 1. The number of anilines is 1. The smallest absolute Gasteiger partial charge is 0.304 e. The first-order valence-electron chi connectivity index (χ1n) is 5.06. The number of aromatic nitrogens is 2. The highest BCUT2D eigenvalue weighted by Crippen LogP contribution is 2.11. The predicted octanol–water partition coefficient (Wildman–Crippen LogP) is 0.0470. The molecule has 0 bridgehead atoms. The van der Waals surface area contributed by atoms with Gasteiger partial charge >= 0.3 is 4.87 Å². The fourth-order valence-electron chi connectivity index (χ4n) is 1.38. The lowest BCUT2D eigenvalue weighted by molar-refractivity contribution is 0.0951. The molecule has 0 fully saturated rings. The molecule has 18 heavy (non-hydrogen) atoms. The number of nitrogen functional groups attached to an aromatic ring is 1. The lowest BCUT2D eigenvalue weighted by Gasteiger charge is -2.08. The van der Waals surface area contributed by atoms with Crippen molar-refractivity contribution in [3.63, 3.8) is 0 Å². The molecule has 0 aliphatic carbocycles. The number of thiazole rings is 1. The van der Waals surface area contributed by atoms with Crippen molar-refractivity contribution < 1.29 is 4.79 Å². The molecule has 0 aromatic carbocycles. The van der Waals surface area contributed by atoms with Crippen molar-refractivity contribution in [3.8, 4) is 0 Å². The highest BCUT2D eigenvalue weighted by Gasteiger charge is 2.10. The van der Waals surface area contributed by atoms with Crippen LogP contribution in [-0.4, -0.2) is 15.9 Å². The maximum atomic E-state index is 11.9. The van der Waals surface area contributed by atoms with Crippen LogP contribution in [0.25, 0.3) is 0 Å². The van der Waals surface area contributed by atoms with Crippen molar-refractivity contribution in [2.24, 2.45) is 5.84 Å². The summed E-state index contributed by atoms with van der Waals surface area (Å²) in [6.07, 6.45) is 2.96. The van der Waals surface area contributed by atoms with Crippen LogP contribution in [0, 0.1) is 0 Å². The van der Waals surface area contributed by atoms with E-state index in [2.05, 4.69) is 20.7 Å². The number of H-pyrrole nitrogens is 1. The number of hydrazine groups is 1. The highest BCUT2D eigenvalue weighted by molar-refractivity contribution is 7.07. The molecule has 7 nitrogen and oxygen atoms in total. The van der Waals surface area contributed by atoms with Crippen molar-refractivity contribution in [2.75, 3.05) is 5.43 Å². The fraction of sp³-hybridized carbons (Fsp3) is 0.100. The molecular weight excluding hydrogens is 254 g/mol. The molecule has 94 valence electrons. The molecule has 2 aromatic rings. The van der Waals surface area contributed by atoms with E-state index in [4.69, 9.17) is 5.84 Å². The summed E-state index contributed by atoms with van der Waals surface area (Å²) in [5.74, 6) is 4.99. The molecule has 5 N–H and O–H groups in total. The second kappa shape index (κ2) is 5.43. The van der Waals surface area contributed by atoms with Crippen LogP contribution in [0.3, 0.4) is 0 Å².